The summed E-state index contributed by atoms with van der Waals surface area (Å²) in [5.41, 5.74) is 2.22. The quantitative estimate of drug-likeness (QED) is 0.806. The average Bonchev–Trinajstić information content (AvgIpc) is 2.60. The van der Waals surface area contributed by atoms with Crippen LogP contribution in [0.4, 0.5) is 4.39 Å². The first-order valence-corrected chi connectivity index (χ1v) is 10.7. The Balaban J connectivity index is 2.10. The van der Waals surface area contributed by atoms with E-state index in [-0.39, 0.29) is 17.0 Å². The fraction of sp³-hybridized carbons (Fsp3) is 0.350. The molecule has 1 N–H and O–H groups in total. The molecule has 8 heteroatoms. The Bertz CT molecular complexity index is 1050. The lowest BCUT2D eigenvalue weighted by Gasteiger charge is -2.36. The number of sulfonamides is 1. The third-order valence-corrected chi connectivity index (χ3v) is 7.65. The van der Waals surface area contributed by atoms with Crippen LogP contribution in [0, 0.1) is 19.7 Å². The van der Waals surface area contributed by atoms with Crippen molar-refractivity contribution in [3.05, 3.63) is 63.4 Å². The number of rotatable bonds is 4. The van der Waals surface area contributed by atoms with Gasteiger partial charge in [0, 0.05) is 17.5 Å². The molecule has 2 unspecified atom stereocenters. The number of aryl methyl sites for hydroxylation is 1. The lowest BCUT2D eigenvalue weighted by atomic mass is 9.87. The summed E-state index contributed by atoms with van der Waals surface area (Å²) >= 11 is 5.96. The van der Waals surface area contributed by atoms with Gasteiger partial charge in [-0.05, 0) is 66.8 Å². The van der Waals surface area contributed by atoms with Crippen molar-refractivity contribution in [2.45, 2.75) is 44.0 Å². The third-order valence-electron chi connectivity index (χ3n) is 5.44. The smallest absolute Gasteiger partial charge is 0.322 e. The molecule has 2 aromatic rings. The Morgan fingerprint density at radius 3 is 2.57 bits per heavy atom. The molecule has 0 bridgehead atoms. The predicted molar refractivity (Wildman–Crippen MR) is 105 cm³/mol. The summed E-state index contributed by atoms with van der Waals surface area (Å²) in [6.45, 7) is 5.06. The van der Waals surface area contributed by atoms with Gasteiger partial charge in [0.1, 0.15) is 11.9 Å². The van der Waals surface area contributed by atoms with Crippen molar-refractivity contribution in [1.29, 1.82) is 0 Å². The molecule has 1 heterocycles. The van der Waals surface area contributed by atoms with Gasteiger partial charge in [0.2, 0.25) is 10.0 Å². The van der Waals surface area contributed by atoms with Crippen LogP contribution in [0.25, 0.3) is 0 Å². The topological polar surface area (TPSA) is 74.7 Å². The molecule has 0 saturated heterocycles. The predicted octanol–water partition coefficient (Wildman–Crippen LogP) is 3.90. The van der Waals surface area contributed by atoms with E-state index in [0.29, 0.717) is 22.6 Å². The van der Waals surface area contributed by atoms with Crippen molar-refractivity contribution >= 4 is 27.6 Å². The summed E-state index contributed by atoms with van der Waals surface area (Å²) in [7, 11) is -4.06. The minimum Gasteiger partial charge on any atom is -0.480 e. The second-order valence-corrected chi connectivity index (χ2v) is 9.39. The number of halogens is 2. The Morgan fingerprint density at radius 1 is 1.25 bits per heavy atom. The van der Waals surface area contributed by atoms with Crippen molar-refractivity contribution in [3.8, 4) is 0 Å². The average molecular weight is 426 g/mol. The molecule has 0 fully saturated rings. The molecule has 3 rings (SSSR count). The molecule has 2 atom stereocenters. The van der Waals surface area contributed by atoms with E-state index in [1.165, 1.54) is 18.2 Å². The van der Waals surface area contributed by atoms with Crippen LogP contribution in [0.3, 0.4) is 0 Å². The van der Waals surface area contributed by atoms with Gasteiger partial charge in [0.05, 0.1) is 4.90 Å². The van der Waals surface area contributed by atoms with E-state index in [2.05, 4.69) is 0 Å². The normalized spacial score (nSPS) is 18.3. The summed E-state index contributed by atoms with van der Waals surface area (Å²) in [6, 6.07) is 5.91. The largest absolute Gasteiger partial charge is 0.480 e. The van der Waals surface area contributed by atoms with Crippen molar-refractivity contribution in [3.63, 3.8) is 0 Å². The number of nitrogens with zero attached hydrogens (tertiary/aromatic N) is 1. The summed E-state index contributed by atoms with van der Waals surface area (Å²) in [5, 5.41) is 10.3. The summed E-state index contributed by atoms with van der Waals surface area (Å²) in [6.07, 6.45) is 0.334. The number of carboxylic acids is 1. The van der Waals surface area contributed by atoms with E-state index in [9.17, 15) is 22.7 Å². The summed E-state index contributed by atoms with van der Waals surface area (Å²) < 4.78 is 41.9. The second kappa shape index (κ2) is 7.46. The molecule has 150 valence electrons. The van der Waals surface area contributed by atoms with Crippen LogP contribution in [-0.4, -0.2) is 36.4 Å². The van der Waals surface area contributed by atoms with E-state index in [0.717, 1.165) is 9.87 Å². The maximum absolute atomic E-state index is 14.6. The van der Waals surface area contributed by atoms with Crippen molar-refractivity contribution in [2.75, 3.05) is 6.54 Å². The van der Waals surface area contributed by atoms with E-state index in [1.54, 1.807) is 32.9 Å². The molecular weight excluding hydrogens is 405 g/mol. The van der Waals surface area contributed by atoms with E-state index < -0.39 is 33.8 Å². The Morgan fingerprint density at radius 2 is 1.93 bits per heavy atom. The molecule has 28 heavy (non-hydrogen) atoms. The zero-order valence-corrected chi connectivity index (χ0v) is 17.3. The van der Waals surface area contributed by atoms with Crippen molar-refractivity contribution < 1.29 is 22.7 Å². The molecule has 1 aliphatic rings. The van der Waals surface area contributed by atoms with Crippen molar-refractivity contribution in [1.82, 2.24) is 4.31 Å². The molecule has 0 spiro atoms. The Hall–Kier alpha value is -1.96. The van der Waals surface area contributed by atoms with E-state index in [4.69, 9.17) is 11.6 Å². The van der Waals surface area contributed by atoms with Crippen LogP contribution < -0.4 is 0 Å². The zero-order valence-electron chi connectivity index (χ0n) is 15.7. The van der Waals surface area contributed by atoms with Gasteiger partial charge in [-0.15, -0.1) is 0 Å². The third kappa shape index (κ3) is 3.43. The molecule has 0 saturated carbocycles. The standard InChI is InChI=1S/C20H21ClFNO4S/c1-11-4-6-16(22)18(12(11)2)13(3)19(20(24)25)23-9-8-14-10-15(21)5-7-17(14)28(23,26)27/h4-7,10,13,19H,8-9H2,1-3H3,(H,24,25). The molecule has 0 aromatic heterocycles. The van der Waals surface area contributed by atoms with Gasteiger partial charge >= 0.3 is 5.97 Å². The maximum Gasteiger partial charge on any atom is 0.322 e. The second-order valence-electron chi connectivity index (χ2n) is 7.09. The lowest BCUT2D eigenvalue weighted by Crippen LogP contribution is -2.50. The SMILES string of the molecule is Cc1ccc(F)c(C(C)C(C(=O)O)N2CCc3cc(Cl)ccc3S2(=O)=O)c1C. The van der Waals surface area contributed by atoms with Crippen LogP contribution in [0.5, 0.6) is 0 Å². The van der Waals surface area contributed by atoms with E-state index >= 15 is 0 Å². The number of carbonyl (C=O) groups is 1. The highest BCUT2D eigenvalue weighted by atomic mass is 35.5. The molecule has 0 radical (unpaired) electrons. The van der Waals surface area contributed by atoms with Gasteiger partial charge in [-0.1, -0.05) is 24.6 Å². The highest BCUT2D eigenvalue weighted by Crippen LogP contribution is 2.36. The molecule has 2 aromatic carbocycles. The highest BCUT2D eigenvalue weighted by Gasteiger charge is 2.43. The zero-order chi connectivity index (χ0) is 20.8. The fourth-order valence-corrected chi connectivity index (χ4v) is 5.95. The fourth-order valence-electron chi connectivity index (χ4n) is 3.87. The van der Waals surface area contributed by atoms with Gasteiger partial charge in [0.25, 0.3) is 0 Å². The monoisotopic (exact) mass is 425 g/mol. The van der Waals surface area contributed by atoms with Gasteiger partial charge in [0.15, 0.2) is 0 Å². The van der Waals surface area contributed by atoms with Crippen LogP contribution in [-0.2, 0) is 21.2 Å². The van der Waals surface area contributed by atoms with Gasteiger partial charge < -0.3 is 5.11 Å². The first-order valence-electron chi connectivity index (χ1n) is 8.84. The van der Waals surface area contributed by atoms with Gasteiger partial charge in [-0.3, -0.25) is 4.79 Å². The number of benzene rings is 2. The number of hydrogen-bond acceptors (Lipinski definition) is 3. The van der Waals surface area contributed by atoms with E-state index in [1.807, 2.05) is 0 Å². The Kier molecular flexibility index (Phi) is 5.53. The van der Waals surface area contributed by atoms with Gasteiger partial charge in [-0.2, -0.15) is 4.31 Å². The number of carboxylic acid groups (broad SMARTS) is 1. The summed E-state index contributed by atoms with van der Waals surface area (Å²) in [4.78, 5) is 12.2. The minimum absolute atomic E-state index is 0.0105. The minimum atomic E-state index is -4.06. The van der Waals surface area contributed by atoms with Crippen LogP contribution >= 0.6 is 11.6 Å². The number of hydrogen-bond donors (Lipinski definition) is 1. The lowest BCUT2D eigenvalue weighted by molar-refractivity contribution is -0.142. The maximum atomic E-state index is 14.6. The van der Waals surface area contributed by atoms with Crippen molar-refractivity contribution in [2.24, 2.45) is 0 Å². The highest BCUT2D eigenvalue weighted by molar-refractivity contribution is 7.89. The molecule has 1 aliphatic heterocycles. The molecular formula is C20H21ClFNO4S. The Labute approximate surface area is 168 Å². The molecule has 0 aliphatic carbocycles. The first kappa shape index (κ1) is 20.8. The number of fused-ring (bicyclic) bond motifs is 1. The molecule has 0 amide bonds. The first-order chi connectivity index (χ1) is 13.1. The van der Waals surface area contributed by atoms with Crippen LogP contribution in [0.1, 0.15) is 35.1 Å². The number of aliphatic carboxylic acids is 1. The van der Waals surface area contributed by atoms with Crippen LogP contribution in [0.2, 0.25) is 5.02 Å². The summed E-state index contributed by atoms with van der Waals surface area (Å²) in [5.74, 6) is -2.72. The van der Waals surface area contributed by atoms with Crippen LogP contribution in [0.15, 0.2) is 35.2 Å². The molecule has 5 nitrogen and oxygen atoms in total. The van der Waals surface area contributed by atoms with Gasteiger partial charge in [-0.25, -0.2) is 12.8 Å².